The van der Waals surface area contributed by atoms with Gasteiger partial charge in [-0.05, 0) is 30.9 Å². The molecule has 1 aliphatic carbocycles. The number of benzene rings is 1. The molecule has 1 saturated carbocycles. The van der Waals surface area contributed by atoms with Crippen LogP contribution < -0.4 is 5.32 Å². The van der Waals surface area contributed by atoms with Crippen molar-refractivity contribution in [3.05, 3.63) is 29.3 Å². The van der Waals surface area contributed by atoms with Crippen LogP contribution in [0.3, 0.4) is 0 Å². The highest BCUT2D eigenvalue weighted by Crippen LogP contribution is 2.27. The molecule has 2 atom stereocenters. The smallest absolute Gasteiger partial charge is 0.230 e. The maximum absolute atomic E-state index is 12.0. The molecule has 0 saturated heterocycles. The Balaban J connectivity index is 1.80. The van der Waals surface area contributed by atoms with E-state index in [0.29, 0.717) is 22.7 Å². The summed E-state index contributed by atoms with van der Waals surface area (Å²) in [6.45, 7) is 2.23. The largest absolute Gasteiger partial charge is 0.352 e. The van der Waals surface area contributed by atoms with E-state index in [2.05, 4.69) is 12.2 Å². The second kappa shape index (κ2) is 7.20. The Bertz CT molecular complexity index is 438. The molecular formula is C15H20ClNOS. The molecule has 0 heterocycles. The van der Waals surface area contributed by atoms with Crippen LogP contribution in [0, 0.1) is 5.92 Å². The normalized spacial score (nSPS) is 23.1. The van der Waals surface area contributed by atoms with Gasteiger partial charge in [-0.1, -0.05) is 43.5 Å². The van der Waals surface area contributed by atoms with E-state index in [1.807, 2.05) is 24.3 Å². The van der Waals surface area contributed by atoms with Gasteiger partial charge >= 0.3 is 0 Å². The Kier molecular flexibility index (Phi) is 5.59. The number of amides is 1. The molecule has 1 amide bonds. The van der Waals surface area contributed by atoms with E-state index in [-0.39, 0.29) is 5.91 Å². The van der Waals surface area contributed by atoms with Crippen molar-refractivity contribution in [2.24, 2.45) is 5.92 Å². The summed E-state index contributed by atoms with van der Waals surface area (Å²) in [5, 5.41) is 3.87. The van der Waals surface area contributed by atoms with E-state index in [4.69, 9.17) is 11.6 Å². The van der Waals surface area contributed by atoms with E-state index in [9.17, 15) is 4.79 Å². The number of carbonyl (C=O) groups excluding carboxylic acids is 1. The summed E-state index contributed by atoms with van der Waals surface area (Å²) in [4.78, 5) is 12.9. The number of rotatable bonds is 4. The van der Waals surface area contributed by atoms with E-state index >= 15 is 0 Å². The second-order valence-corrected chi connectivity index (χ2v) is 6.58. The van der Waals surface area contributed by atoms with Crippen molar-refractivity contribution in [1.29, 1.82) is 0 Å². The van der Waals surface area contributed by atoms with Gasteiger partial charge in [0.15, 0.2) is 0 Å². The van der Waals surface area contributed by atoms with Crippen LogP contribution in [-0.4, -0.2) is 17.7 Å². The highest BCUT2D eigenvalue weighted by Gasteiger charge is 2.22. The van der Waals surface area contributed by atoms with Gasteiger partial charge in [0.2, 0.25) is 5.91 Å². The van der Waals surface area contributed by atoms with E-state index in [1.165, 1.54) is 31.0 Å². The average Bonchev–Trinajstić information content (AvgIpc) is 2.40. The number of carbonyl (C=O) groups is 1. The molecule has 0 bridgehead atoms. The first-order valence-electron chi connectivity index (χ1n) is 6.83. The maximum Gasteiger partial charge on any atom is 0.230 e. The van der Waals surface area contributed by atoms with Gasteiger partial charge in [-0.25, -0.2) is 0 Å². The lowest BCUT2D eigenvalue weighted by atomic mass is 9.86. The molecule has 1 aliphatic rings. The fourth-order valence-electron chi connectivity index (χ4n) is 2.48. The zero-order valence-corrected chi connectivity index (χ0v) is 12.8. The number of nitrogens with one attached hydrogen (secondary N) is 1. The summed E-state index contributed by atoms with van der Waals surface area (Å²) in [6.07, 6.45) is 4.86. The molecule has 0 unspecified atom stereocenters. The average molecular weight is 298 g/mol. The van der Waals surface area contributed by atoms with Crippen LogP contribution >= 0.6 is 23.4 Å². The molecule has 104 valence electrons. The van der Waals surface area contributed by atoms with Crippen molar-refractivity contribution >= 4 is 29.3 Å². The third-order valence-corrected chi connectivity index (χ3v) is 5.17. The number of hydrogen-bond acceptors (Lipinski definition) is 2. The fourth-order valence-corrected chi connectivity index (χ4v) is 3.53. The Morgan fingerprint density at radius 3 is 2.84 bits per heavy atom. The van der Waals surface area contributed by atoms with E-state index in [0.717, 1.165) is 11.3 Å². The molecule has 0 aromatic heterocycles. The van der Waals surface area contributed by atoms with Crippen LogP contribution in [0.25, 0.3) is 0 Å². The summed E-state index contributed by atoms with van der Waals surface area (Å²) < 4.78 is 0. The van der Waals surface area contributed by atoms with Gasteiger partial charge in [0, 0.05) is 10.9 Å². The summed E-state index contributed by atoms with van der Waals surface area (Å²) in [5.74, 6) is 1.15. The van der Waals surface area contributed by atoms with Gasteiger partial charge in [-0.15, -0.1) is 11.8 Å². The minimum atomic E-state index is 0.115. The molecular weight excluding hydrogens is 278 g/mol. The highest BCUT2D eigenvalue weighted by atomic mass is 35.5. The first kappa shape index (κ1) is 14.7. The molecule has 2 nitrogen and oxygen atoms in total. The first-order valence-corrected chi connectivity index (χ1v) is 8.20. The van der Waals surface area contributed by atoms with Gasteiger partial charge in [-0.2, -0.15) is 0 Å². The zero-order chi connectivity index (χ0) is 13.7. The van der Waals surface area contributed by atoms with Crippen molar-refractivity contribution in [3.63, 3.8) is 0 Å². The van der Waals surface area contributed by atoms with Crippen LogP contribution in [0.15, 0.2) is 29.2 Å². The summed E-state index contributed by atoms with van der Waals surface area (Å²) in [7, 11) is 0. The summed E-state index contributed by atoms with van der Waals surface area (Å²) in [5.41, 5.74) is 0. The Labute approximate surface area is 124 Å². The van der Waals surface area contributed by atoms with Crippen molar-refractivity contribution in [2.75, 3.05) is 5.75 Å². The Morgan fingerprint density at radius 2 is 2.11 bits per heavy atom. The molecule has 2 rings (SSSR count). The molecule has 0 aliphatic heterocycles. The fraction of sp³-hybridized carbons (Fsp3) is 0.533. The molecule has 4 heteroatoms. The van der Waals surface area contributed by atoms with Crippen LogP contribution in [-0.2, 0) is 4.79 Å². The minimum Gasteiger partial charge on any atom is -0.352 e. The topological polar surface area (TPSA) is 29.1 Å². The maximum atomic E-state index is 12.0. The minimum absolute atomic E-state index is 0.115. The highest BCUT2D eigenvalue weighted by molar-refractivity contribution is 8.00. The van der Waals surface area contributed by atoms with E-state index < -0.39 is 0 Å². The van der Waals surface area contributed by atoms with Gasteiger partial charge in [0.25, 0.3) is 0 Å². The van der Waals surface area contributed by atoms with Gasteiger partial charge in [0.05, 0.1) is 10.8 Å². The third kappa shape index (κ3) is 4.43. The van der Waals surface area contributed by atoms with Crippen molar-refractivity contribution < 1.29 is 4.79 Å². The van der Waals surface area contributed by atoms with Crippen LogP contribution in [0.2, 0.25) is 5.02 Å². The molecule has 1 fully saturated rings. The first-order chi connectivity index (χ1) is 9.16. The van der Waals surface area contributed by atoms with Crippen LogP contribution in [0.4, 0.5) is 0 Å². The van der Waals surface area contributed by atoms with Crippen molar-refractivity contribution in [1.82, 2.24) is 5.32 Å². The van der Waals surface area contributed by atoms with Gasteiger partial charge in [-0.3, -0.25) is 4.79 Å². The zero-order valence-electron chi connectivity index (χ0n) is 11.2. The predicted octanol–water partition coefficient (Wildman–Crippen LogP) is 4.13. The van der Waals surface area contributed by atoms with E-state index in [1.54, 1.807) is 0 Å². The standard InChI is InChI=1S/C15H20ClNOS/c1-11-6-2-4-8-13(11)17-15(18)10-19-14-9-5-3-7-12(14)16/h3,5,7,9,11,13H,2,4,6,8,10H2,1H3,(H,17,18)/t11-,13-/m0/s1. The number of halogens is 1. The monoisotopic (exact) mass is 297 g/mol. The third-order valence-electron chi connectivity index (χ3n) is 3.65. The molecule has 1 aromatic carbocycles. The summed E-state index contributed by atoms with van der Waals surface area (Å²) >= 11 is 7.57. The van der Waals surface area contributed by atoms with Crippen molar-refractivity contribution in [3.8, 4) is 0 Å². The second-order valence-electron chi connectivity index (χ2n) is 5.15. The lowest BCUT2D eigenvalue weighted by Gasteiger charge is -2.29. The molecule has 1 N–H and O–H groups in total. The quantitative estimate of drug-likeness (QED) is 0.847. The molecule has 19 heavy (non-hydrogen) atoms. The Morgan fingerprint density at radius 1 is 1.37 bits per heavy atom. The number of thioether (sulfide) groups is 1. The summed E-state index contributed by atoms with van der Waals surface area (Å²) in [6, 6.07) is 7.99. The Hall–Kier alpha value is -0.670. The predicted molar refractivity (Wildman–Crippen MR) is 81.7 cm³/mol. The molecule has 1 aromatic rings. The molecule has 0 radical (unpaired) electrons. The lowest BCUT2D eigenvalue weighted by Crippen LogP contribution is -2.41. The lowest BCUT2D eigenvalue weighted by molar-refractivity contribution is -0.119. The number of hydrogen-bond donors (Lipinski definition) is 1. The van der Waals surface area contributed by atoms with Crippen LogP contribution in [0.5, 0.6) is 0 Å². The van der Waals surface area contributed by atoms with Gasteiger partial charge in [0.1, 0.15) is 0 Å². The van der Waals surface area contributed by atoms with Crippen molar-refractivity contribution in [2.45, 2.75) is 43.5 Å². The van der Waals surface area contributed by atoms with Gasteiger partial charge < -0.3 is 5.32 Å². The van der Waals surface area contributed by atoms with Crippen LogP contribution in [0.1, 0.15) is 32.6 Å². The SMILES string of the molecule is C[C@H]1CCCC[C@@H]1NC(=O)CSc1ccccc1Cl. The molecule has 0 spiro atoms.